The van der Waals surface area contributed by atoms with Crippen LogP contribution in [0.2, 0.25) is 0 Å². The molecule has 0 spiro atoms. The number of aromatic nitrogens is 4. The van der Waals surface area contributed by atoms with Crippen molar-refractivity contribution in [2.75, 3.05) is 5.32 Å². The van der Waals surface area contributed by atoms with Gasteiger partial charge >= 0.3 is 0 Å². The molecule has 5 nitrogen and oxygen atoms in total. The molecule has 110 valence electrons. The highest BCUT2D eigenvalue weighted by molar-refractivity contribution is 5.87. The summed E-state index contributed by atoms with van der Waals surface area (Å²) in [4.78, 5) is 8.98. The van der Waals surface area contributed by atoms with Crippen LogP contribution in [0.15, 0.2) is 43.2 Å². The number of nitrogens with zero attached hydrogens (tertiary/aromatic N) is 4. The van der Waals surface area contributed by atoms with Gasteiger partial charge in [0.25, 0.3) is 0 Å². The lowest BCUT2D eigenvalue weighted by Crippen LogP contribution is -2.05. The van der Waals surface area contributed by atoms with Crippen molar-refractivity contribution < 1.29 is 0 Å². The minimum atomic E-state index is 0.528. The smallest absolute Gasteiger partial charge is 0.223 e. The van der Waals surface area contributed by atoms with Crippen molar-refractivity contribution >= 4 is 17.0 Å². The molecule has 22 heavy (non-hydrogen) atoms. The van der Waals surface area contributed by atoms with E-state index in [9.17, 15) is 0 Å². The zero-order chi connectivity index (χ0) is 15.1. The molecule has 1 fully saturated rings. The van der Waals surface area contributed by atoms with E-state index in [0.29, 0.717) is 12.0 Å². The normalized spacial score (nSPS) is 14.2. The van der Waals surface area contributed by atoms with E-state index in [1.165, 1.54) is 12.8 Å². The summed E-state index contributed by atoms with van der Waals surface area (Å²) in [7, 11) is 0. The van der Waals surface area contributed by atoms with Crippen molar-refractivity contribution in [3.8, 4) is 11.3 Å². The van der Waals surface area contributed by atoms with E-state index in [4.69, 9.17) is 0 Å². The topological polar surface area (TPSA) is 55.1 Å². The van der Waals surface area contributed by atoms with Crippen molar-refractivity contribution in [1.29, 1.82) is 0 Å². The first-order chi connectivity index (χ1) is 10.7. The minimum Gasteiger partial charge on any atom is -0.351 e. The highest BCUT2D eigenvalue weighted by Crippen LogP contribution is 2.31. The number of rotatable bonds is 4. The molecule has 0 amide bonds. The summed E-state index contributed by atoms with van der Waals surface area (Å²) in [5.74, 6) is 0.683. The molecule has 0 bridgehead atoms. The molecular formula is C17H17N5. The minimum absolute atomic E-state index is 0.528. The summed E-state index contributed by atoms with van der Waals surface area (Å²) in [6, 6.07) is 8.47. The van der Waals surface area contributed by atoms with E-state index >= 15 is 0 Å². The summed E-state index contributed by atoms with van der Waals surface area (Å²) < 4.78 is 1.87. The zero-order valence-electron chi connectivity index (χ0n) is 12.5. The first-order valence-electron chi connectivity index (χ1n) is 7.45. The average Bonchev–Trinajstić information content (AvgIpc) is 3.24. The maximum absolute atomic E-state index is 4.67. The Bertz CT molecular complexity index is 860. The molecule has 0 aliphatic heterocycles. The van der Waals surface area contributed by atoms with Gasteiger partial charge in [-0.2, -0.15) is 5.10 Å². The number of fused-ring (bicyclic) bond motifs is 1. The molecule has 4 rings (SSSR count). The molecule has 1 N–H and O–H groups in total. The Hall–Kier alpha value is -2.69. The van der Waals surface area contributed by atoms with Crippen LogP contribution in [-0.2, 0) is 0 Å². The van der Waals surface area contributed by atoms with Gasteiger partial charge in [-0.25, -0.2) is 14.5 Å². The Morgan fingerprint density at radius 1 is 1.32 bits per heavy atom. The van der Waals surface area contributed by atoms with E-state index in [2.05, 4.69) is 27.0 Å². The number of anilines is 1. The molecule has 0 atom stereocenters. The lowest BCUT2D eigenvalue weighted by molar-refractivity contribution is 0.950. The lowest BCUT2D eigenvalue weighted by atomic mass is 10.1. The monoisotopic (exact) mass is 291 g/mol. The average molecular weight is 291 g/mol. The number of hydrogen-bond donors (Lipinski definition) is 1. The predicted molar refractivity (Wildman–Crippen MR) is 87.6 cm³/mol. The lowest BCUT2D eigenvalue weighted by Gasteiger charge is -2.06. The van der Waals surface area contributed by atoms with E-state index < -0.39 is 0 Å². The van der Waals surface area contributed by atoms with Gasteiger partial charge in [0.05, 0.1) is 22.5 Å². The summed E-state index contributed by atoms with van der Waals surface area (Å²) in [6.07, 6.45) is 6.13. The van der Waals surface area contributed by atoms with Crippen LogP contribution in [-0.4, -0.2) is 25.6 Å². The Balaban J connectivity index is 1.88. The van der Waals surface area contributed by atoms with Crippen LogP contribution >= 0.6 is 0 Å². The van der Waals surface area contributed by atoms with E-state index in [1.54, 1.807) is 6.20 Å². The third-order valence-corrected chi connectivity index (χ3v) is 3.77. The fraction of sp³-hybridized carbons (Fsp3) is 0.235. The van der Waals surface area contributed by atoms with Gasteiger partial charge < -0.3 is 5.32 Å². The Morgan fingerprint density at radius 3 is 2.95 bits per heavy atom. The second kappa shape index (κ2) is 4.94. The third kappa shape index (κ3) is 2.24. The van der Waals surface area contributed by atoms with Crippen molar-refractivity contribution in [2.24, 2.45) is 0 Å². The van der Waals surface area contributed by atoms with Crippen molar-refractivity contribution in [1.82, 2.24) is 19.6 Å². The molecule has 0 radical (unpaired) electrons. The highest BCUT2D eigenvalue weighted by atomic mass is 15.2. The molecular weight excluding hydrogens is 274 g/mol. The predicted octanol–water partition coefficient (Wildman–Crippen LogP) is 3.40. The van der Waals surface area contributed by atoms with Crippen LogP contribution in [0.1, 0.15) is 25.5 Å². The molecule has 1 aliphatic carbocycles. The van der Waals surface area contributed by atoms with E-state index in [0.717, 1.165) is 28.0 Å². The molecule has 3 heterocycles. The van der Waals surface area contributed by atoms with Crippen molar-refractivity contribution in [3.05, 3.63) is 48.9 Å². The van der Waals surface area contributed by atoms with Crippen LogP contribution in [0, 0.1) is 0 Å². The number of hydrogen-bond acceptors (Lipinski definition) is 4. The fourth-order valence-corrected chi connectivity index (χ4v) is 2.53. The van der Waals surface area contributed by atoms with Gasteiger partial charge in [0.1, 0.15) is 0 Å². The van der Waals surface area contributed by atoms with Gasteiger partial charge in [-0.05, 0) is 43.5 Å². The van der Waals surface area contributed by atoms with Crippen molar-refractivity contribution in [3.63, 3.8) is 0 Å². The second-order valence-corrected chi connectivity index (χ2v) is 5.72. The zero-order valence-corrected chi connectivity index (χ0v) is 12.5. The summed E-state index contributed by atoms with van der Waals surface area (Å²) in [5.41, 5.74) is 4.71. The SMILES string of the molecule is C=C(C)c1nn2ccccc2c1-c1ccnc(NC2CC2)n1. The van der Waals surface area contributed by atoms with E-state index in [1.807, 2.05) is 41.9 Å². The Morgan fingerprint density at radius 2 is 2.18 bits per heavy atom. The first-order valence-corrected chi connectivity index (χ1v) is 7.45. The summed E-state index contributed by atoms with van der Waals surface area (Å²) in [6.45, 7) is 6.02. The maximum atomic E-state index is 4.67. The van der Waals surface area contributed by atoms with Gasteiger partial charge in [0, 0.05) is 18.4 Å². The molecule has 0 saturated heterocycles. The Kier molecular flexibility index (Phi) is 2.92. The van der Waals surface area contributed by atoms with Crippen LogP contribution < -0.4 is 5.32 Å². The summed E-state index contributed by atoms with van der Waals surface area (Å²) in [5, 5.41) is 7.97. The van der Waals surface area contributed by atoms with Crippen LogP contribution in [0.5, 0.6) is 0 Å². The van der Waals surface area contributed by atoms with E-state index in [-0.39, 0.29) is 0 Å². The second-order valence-electron chi connectivity index (χ2n) is 5.72. The fourth-order valence-electron chi connectivity index (χ4n) is 2.53. The molecule has 1 aliphatic rings. The number of allylic oxidation sites excluding steroid dienone is 1. The van der Waals surface area contributed by atoms with Gasteiger partial charge in [-0.15, -0.1) is 0 Å². The summed E-state index contributed by atoms with van der Waals surface area (Å²) >= 11 is 0. The van der Waals surface area contributed by atoms with Gasteiger partial charge in [-0.3, -0.25) is 0 Å². The van der Waals surface area contributed by atoms with Gasteiger partial charge in [0.2, 0.25) is 5.95 Å². The number of pyridine rings is 1. The quantitative estimate of drug-likeness (QED) is 0.800. The maximum Gasteiger partial charge on any atom is 0.223 e. The Labute approximate surface area is 128 Å². The van der Waals surface area contributed by atoms with Crippen LogP contribution in [0.3, 0.4) is 0 Å². The molecule has 3 aromatic rings. The van der Waals surface area contributed by atoms with Gasteiger partial charge in [0.15, 0.2) is 0 Å². The molecule has 5 heteroatoms. The van der Waals surface area contributed by atoms with Crippen LogP contribution in [0.25, 0.3) is 22.3 Å². The third-order valence-electron chi connectivity index (χ3n) is 3.77. The number of nitrogens with one attached hydrogen (secondary N) is 1. The molecule has 1 saturated carbocycles. The largest absolute Gasteiger partial charge is 0.351 e. The van der Waals surface area contributed by atoms with Crippen LogP contribution in [0.4, 0.5) is 5.95 Å². The standard InChI is InChI=1S/C17H17N5/c1-11(2)16-15(14-5-3-4-10-22(14)21-16)13-8-9-18-17(20-13)19-12-6-7-12/h3-5,8-10,12H,1,6-7H2,2H3,(H,18,19,20). The molecule has 0 aromatic carbocycles. The van der Waals surface area contributed by atoms with Crippen molar-refractivity contribution in [2.45, 2.75) is 25.8 Å². The highest BCUT2D eigenvalue weighted by Gasteiger charge is 2.22. The molecule has 0 unspecified atom stereocenters. The van der Waals surface area contributed by atoms with Gasteiger partial charge in [-0.1, -0.05) is 12.6 Å². The molecule has 3 aromatic heterocycles. The first kappa shape index (κ1) is 13.0.